The van der Waals surface area contributed by atoms with Crippen LogP contribution in [0.1, 0.15) is 29.5 Å². The van der Waals surface area contributed by atoms with Gasteiger partial charge in [0.05, 0.1) is 11.4 Å². The van der Waals surface area contributed by atoms with Gasteiger partial charge in [-0.1, -0.05) is 24.3 Å². The van der Waals surface area contributed by atoms with Crippen molar-refractivity contribution in [2.45, 2.75) is 33.1 Å². The molecule has 2 aromatic rings. The molecule has 0 atom stereocenters. The van der Waals surface area contributed by atoms with E-state index in [2.05, 4.69) is 42.7 Å². The van der Waals surface area contributed by atoms with Crippen molar-refractivity contribution in [3.8, 4) is 5.75 Å². The average Bonchev–Trinajstić information content (AvgIpc) is 2.58. The van der Waals surface area contributed by atoms with Crippen molar-refractivity contribution in [2.24, 2.45) is 0 Å². The highest BCUT2D eigenvalue weighted by atomic mass is 16.5. The molecule has 0 aromatic heterocycles. The monoisotopic (exact) mass is 338 g/mol. The van der Waals surface area contributed by atoms with Gasteiger partial charge in [0.25, 0.3) is 5.91 Å². The number of amides is 2. The Kier molecular flexibility index (Phi) is 5.03. The van der Waals surface area contributed by atoms with Crippen molar-refractivity contribution in [1.82, 2.24) is 0 Å². The van der Waals surface area contributed by atoms with Gasteiger partial charge < -0.3 is 15.4 Å². The Labute approximate surface area is 147 Å². The summed E-state index contributed by atoms with van der Waals surface area (Å²) in [6, 6.07) is 11.7. The second-order valence-electron chi connectivity index (χ2n) is 6.34. The summed E-state index contributed by atoms with van der Waals surface area (Å²) in [5.74, 6) is 0.270. The maximum Gasteiger partial charge on any atom is 0.262 e. The molecule has 0 aliphatic carbocycles. The van der Waals surface area contributed by atoms with Crippen LogP contribution in [0.4, 0.5) is 11.4 Å². The van der Waals surface area contributed by atoms with Crippen molar-refractivity contribution in [3.05, 3.63) is 53.1 Å². The molecule has 2 amide bonds. The van der Waals surface area contributed by atoms with E-state index in [0.29, 0.717) is 23.5 Å². The highest BCUT2D eigenvalue weighted by Gasteiger charge is 2.19. The second-order valence-corrected chi connectivity index (χ2v) is 6.34. The number of fused-ring (bicyclic) bond motifs is 1. The molecule has 5 nitrogen and oxygen atoms in total. The van der Waals surface area contributed by atoms with E-state index in [9.17, 15) is 9.59 Å². The fraction of sp³-hybridized carbons (Fsp3) is 0.300. The van der Waals surface area contributed by atoms with E-state index in [-0.39, 0.29) is 18.4 Å². The summed E-state index contributed by atoms with van der Waals surface area (Å²) >= 11 is 0. The van der Waals surface area contributed by atoms with E-state index in [1.165, 1.54) is 16.7 Å². The van der Waals surface area contributed by atoms with Crippen LogP contribution in [-0.2, 0) is 16.0 Å². The number of hydrogen-bond acceptors (Lipinski definition) is 3. The zero-order chi connectivity index (χ0) is 17.8. The van der Waals surface area contributed by atoms with E-state index in [0.717, 1.165) is 12.8 Å². The topological polar surface area (TPSA) is 67.4 Å². The lowest BCUT2D eigenvalue weighted by Crippen LogP contribution is -2.26. The van der Waals surface area contributed by atoms with Crippen LogP contribution in [0, 0.1) is 13.8 Å². The summed E-state index contributed by atoms with van der Waals surface area (Å²) in [6.45, 7) is 4.16. The molecule has 1 aliphatic rings. The van der Waals surface area contributed by atoms with E-state index < -0.39 is 0 Å². The smallest absolute Gasteiger partial charge is 0.262 e. The van der Waals surface area contributed by atoms with Gasteiger partial charge in [-0.2, -0.15) is 0 Å². The van der Waals surface area contributed by atoms with E-state index in [4.69, 9.17) is 4.74 Å². The van der Waals surface area contributed by atoms with Crippen LogP contribution >= 0.6 is 0 Å². The molecule has 2 N–H and O–H groups in total. The largest absolute Gasteiger partial charge is 0.479 e. The molecule has 0 spiro atoms. The van der Waals surface area contributed by atoms with E-state index >= 15 is 0 Å². The number of nitrogens with one attached hydrogen (secondary N) is 2. The zero-order valence-corrected chi connectivity index (χ0v) is 14.5. The third-order valence-electron chi connectivity index (χ3n) is 4.35. The van der Waals surface area contributed by atoms with Crippen LogP contribution < -0.4 is 15.4 Å². The Balaban J connectivity index is 1.55. The predicted octanol–water partition coefficient (Wildman–Crippen LogP) is 3.60. The van der Waals surface area contributed by atoms with Gasteiger partial charge in [-0.15, -0.1) is 0 Å². The van der Waals surface area contributed by atoms with Gasteiger partial charge in [-0.05, 0) is 55.5 Å². The number of aryl methyl sites for hydroxylation is 3. The van der Waals surface area contributed by atoms with E-state index in [1.54, 1.807) is 18.2 Å². The molecule has 0 bridgehead atoms. The van der Waals surface area contributed by atoms with Gasteiger partial charge in [0.2, 0.25) is 5.91 Å². The molecule has 2 aromatic carbocycles. The molecular weight excluding hydrogens is 316 g/mol. The van der Waals surface area contributed by atoms with Gasteiger partial charge in [-0.3, -0.25) is 9.59 Å². The Morgan fingerprint density at radius 2 is 2.04 bits per heavy atom. The van der Waals surface area contributed by atoms with Gasteiger partial charge >= 0.3 is 0 Å². The minimum atomic E-state index is -0.190. The van der Waals surface area contributed by atoms with Gasteiger partial charge in [0.15, 0.2) is 12.4 Å². The Bertz CT molecular complexity index is 815. The number of carbonyl (C=O) groups is 2. The first-order valence-electron chi connectivity index (χ1n) is 8.44. The molecule has 0 saturated carbocycles. The first-order valence-corrected chi connectivity index (χ1v) is 8.44. The number of rotatable bonds is 5. The Morgan fingerprint density at radius 3 is 2.84 bits per heavy atom. The number of hydrogen-bond donors (Lipinski definition) is 2. The number of carbonyl (C=O) groups excluding carboxylic acids is 2. The van der Waals surface area contributed by atoms with Crippen molar-refractivity contribution in [2.75, 3.05) is 17.2 Å². The molecule has 1 aliphatic heterocycles. The molecule has 0 unspecified atom stereocenters. The third-order valence-corrected chi connectivity index (χ3v) is 4.35. The summed E-state index contributed by atoms with van der Waals surface area (Å²) in [7, 11) is 0. The molecule has 5 heteroatoms. The third kappa shape index (κ3) is 4.18. The highest BCUT2D eigenvalue weighted by Crippen LogP contribution is 2.35. The summed E-state index contributed by atoms with van der Waals surface area (Å²) in [4.78, 5) is 23.6. The Morgan fingerprint density at radius 1 is 1.20 bits per heavy atom. The molecular formula is C20H22N2O3. The van der Waals surface area contributed by atoms with Gasteiger partial charge in [-0.25, -0.2) is 0 Å². The summed E-state index contributed by atoms with van der Waals surface area (Å²) in [5, 5.41) is 5.61. The lowest BCUT2D eigenvalue weighted by molar-refractivity contribution is -0.118. The fourth-order valence-corrected chi connectivity index (χ4v) is 2.84. The lowest BCUT2D eigenvalue weighted by atomic mass is 10.0. The maximum absolute atomic E-state index is 12.2. The van der Waals surface area contributed by atoms with Crippen molar-refractivity contribution in [3.63, 3.8) is 0 Å². The van der Waals surface area contributed by atoms with Crippen molar-refractivity contribution in [1.29, 1.82) is 0 Å². The van der Waals surface area contributed by atoms with E-state index in [1.807, 2.05) is 0 Å². The Hall–Kier alpha value is -2.82. The van der Waals surface area contributed by atoms with Crippen LogP contribution in [0.2, 0.25) is 0 Å². The lowest BCUT2D eigenvalue weighted by Gasteiger charge is -2.20. The molecule has 130 valence electrons. The normalized spacial score (nSPS) is 12.8. The quantitative estimate of drug-likeness (QED) is 0.875. The van der Waals surface area contributed by atoms with Crippen LogP contribution in [0.3, 0.4) is 0 Å². The summed E-state index contributed by atoms with van der Waals surface area (Å²) in [6.07, 6.45) is 2.08. The summed E-state index contributed by atoms with van der Waals surface area (Å²) in [5.41, 5.74) is 4.98. The molecule has 0 fully saturated rings. The van der Waals surface area contributed by atoms with Crippen LogP contribution in [0.15, 0.2) is 36.4 Å². The molecule has 3 rings (SSSR count). The second kappa shape index (κ2) is 7.38. The van der Waals surface area contributed by atoms with Crippen molar-refractivity contribution >= 4 is 23.2 Å². The number of anilines is 2. The van der Waals surface area contributed by atoms with Crippen LogP contribution in [0.5, 0.6) is 5.75 Å². The first-order chi connectivity index (χ1) is 12.0. The number of ether oxygens (including phenoxy) is 1. The van der Waals surface area contributed by atoms with Crippen molar-refractivity contribution < 1.29 is 14.3 Å². The molecule has 0 radical (unpaired) electrons. The molecule has 1 heterocycles. The number of benzene rings is 2. The summed E-state index contributed by atoms with van der Waals surface area (Å²) < 4.78 is 5.44. The molecule has 25 heavy (non-hydrogen) atoms. The maximum atomic E-state index is 12.2. The highest BCUT2D eigenvalue weighted by molar-refractivity contribution is 5.99. The standard InChI is InChI=1S/C20H22N2O3/c1-13-9-10-15(11-14(13)2)5-3-8-18(23)21-16-6-4-7-17-20(16)25-12-19(24)22-17/h4,6-7,9-11H,3,5,8,12H2,1-2H3,(H,21,23)(H,22,24). The number of para-hydroxylation sites is 1. The van der Waals surface area contributed by atoms with Crippen LogP contribution in [-0.4, -0.2) is 18.4 Å². The fourth-order valence-electron chi connectivity index (χ4n) is 2.84. The minimum absolute atomic E-state index is 0.0351. The van der Waals surface area contributed by atoms with Gasteiger partial charge in [0.1, 0.15) is 0 Å². The van der Waals surface area contributed by atoms with Crippen LogP contribution in [0.25, 0.3) is 0 Å². The average molecular weight is 338 g/mol. The van der Waals surface area contributed by atoms with Gasteiger partial charge in [0, 0.05) is 6.42 Å². The first kappa shape index (κ1) is 17.0. The zero-order valence-electron chi connectivity index (χ0n) is 14.5. The SMILES string of the molecule is Cc1ccc(CCCC(=O)Nc2cccc3c2OCC(=O)N3)cc1C. The minimum Gasteiger partial charge on any atom is -0.479 e. The molecule has 0 saturated heterocycles. The predicted molar refractivity (Wildman–Crippen MR) is 98.1 cm³/mol.